The lowest BCUT2D eigenvalue weighted by Crippen LogP contribution is -2.06. The van der Waals surface area contributed by atoms with Crippen LogP contribution in [0.25, 0.3) is 0 Å². The molecule has 0 radical (unpaired) electrons. The van der Waals surface area contributed by atoms with Crippen molar-refractivity contribution in [3.63, 3.8) is 0 Å². The molecule has 6 nitrogen and oxygen atoms in total. The fourth-order valence-corrected chi connectivity index (χ4v) is 1.03. The van der Waals surface area contributed by atoms with Gasteiger partial charge in [-0.2, -0.15) is 0 Å². The van der Waals surface area contributed by atoms with E-state index >= 15 is 0 Å². The fraction of sp³-hybridized carbons (Fsp3) is 0.250. The molecule has 18 heavy (non-hydrogen) atoms. The minimum Gasteiger partial charge on any atom is -0.323 e. The van der Waals surface area contributed by atoms with Gasteiger partial charge in [-0.3, -0.25) is 19.7 Å². The Hall–Kier alpha value is -2.21. The SMILES string of the molecule is CC(=O)c1cnccn1.CC(N)c1cnccn1. The highest BCUT2D eigenvalue weighted by atomic mass is 16.1. The predicted octanol–water partition coefficient (Wildman–Crippen LogP) is 1.18. The van der Waals surface area contributed by atoms with Crippen LogP contribution in [0.2, 0.25) is 0 Å². The van der Waals surface area contributed by atoms with Crippen molar-refractivity contribution in [2.45, 2.75) is 19.9 Å². The highest BCUT2D eigenvalue weighted by molar-refractivity contribution is 5.91. The van der Waals surface area contributed by atoms with Crippen LogP contribution < -0.4 is 5.73 Å². The van der Waals surface area contributed by atoms with Gasteiger partial charge in [-0.05, 0) is 6.92 Å². The Kier molecular flexibility index (Phi) is 5.53. The molecule has 2 heterocycles. The molecular formula is C12H15N5O. The lowest BCUT2D eigenvalue weighted by atomic mass is 10.3. The van der Waals surface area contributed by atoms with E-state index in [1.54, 1.807) is 18.6 Å². The number of ketones is 1. The van der Waals surface area contributed by atoms with Gasteiger partial charge in [0.1, 0.15) is 5.69 Å². The van der Waals surface area contributed by atoms with Crippen LogP contribution in [-0.2, 0) is 0 Å². The Morgan fingerprint density at radius 2 is 1.72 bits per heavy atom. The van der Waals surface area contributed by atoms with Crippen molar-refractivity contribution >= 4 is 5.78 Å². The van der Waals surface area contributed by atoms with Crippen LogP contribution in [0.3, 0.4) is 0 Å². The van der Waals surface area contributed by atoms with Gasteiger partial charge >= 0.3 is 0 Å². The molecule has 0 amide bonds. The quantitative estimate of drug-likeness (QED) is 0.798. The van der Waals surface area contributed by atoms with Gasteiger partial charge in [0.15, 0.2) is 5.78 Å². The summed E-state index contributed by atoms with van der Waals surface area (Å²) in [6, 6.07) is -0.0151. The molecule has 0 aliphatic heterocycles. The van der Waals surface area contributed by atoms with Gasteiger partial charge in [0.25, 0.3) is 0 Å². The van der Waals surface area contributed by atoms with Crippen LogP contribution in [0.15, 0.2) is 37.2 Å². The molecule has 0 spiro atoms. The third-order valence-electron chi connectivity index (χ3n) is 1.97. The molecule has 94 valence electrons. The van der Waals surface area contributed by atoms with Crippen molar-refractivity contribution in [1.82, 2.24) is 19.9 Å². The molecule has 2 rings (SSSR count). The third kappa shape index (κ3) is 4.75. The minimum absolute atomic E-state index is 0.0151. The van der Waals surface area contributed by atoms with E-state index < -0.39 is 0 Å². The standard InChI is InChI=1S/C6H9N3.C6H6N2O/c1-5(7)6-4-8-2-3-9-6;1-5(9)6-4-7-2-3-8-6/h2-5H,7H2,1H3;2-4H,1H3. The van der Waals surface area contributed by atoms with E-state index in [4.69, 9.17) is 5.73 Å². The lowest BCUT2D eigenvalue weighted by Gasteiger charge is -1.99. The summed E-state index contributed by atoms with van der Waals surface area (Å²) in [6.45, 7) is 3.34. The maximum absolute atomic E-state index is 10.5. The molecule has 2 N–H and O–H groups in total. The maximum Gasteiger partial charge on any atom is 0.179 e. The van der Waals surface area contributed by atoms with Gasteiger partial charge in [0, 0.05) is 43.9 Å². The second kappa shape index (κ2) is 7.18. The summed E-state index contributed by atoms with van der Waals surface area (Å²) in [5.41, 5.74) is 6.76. The largest absolute Gasteiger partial charge is 0.323 e. The fourth-order valence-electron chi connectivity index (χ4n) is 1.03. The van der Waals surface area contributed by atoms with Crippen LogP contribution in [0, 0.1) is 0 Å². The highest BCUT2D eigenvalue weighted by Gasteiger charge is 1.97. The molecule has 0 bridgehead atoms. The van der Waals surface area contributed by atoms with Gasteiger partial charge in [-0.1, -0.05) is 0 Å². The first-order valence-corrected chi connectivity index (χ1v) is 5.39. The molecule has 0 saturated carbocycles. The normalized spacial score (nSPS) is 11.1. The van der Waals surface area contributed by atoms with Crippen molar-refractivity contribution < 1.29 is 4.79 Å². The second-order valence-corrected chi connectivity index (χ2v) is 3.57. The van der Waals surface area contributed by atoms with Crippen molar-refractivity contribution in [2.75, 3.05) is 0 Å². The molecule has 1 unspecified atom stereocenters. The van der Waals surface area contributed by atoms with Crippen molar-refractivity contribution in [2.24, 2.45) is 5.73 Å². The van der Waals surface area contributed by atoms with Gasteiger partial charge in [-0.15, -0.1) is 0 Å². The van der Waals surface area contributed by atoms with Gasteiger partial charge in [-0.25, -0.2) is 4.98 Å². The van der Waals surface area contributed by atoms with Crippen LogP contribution in [0.4, 0.5) is 0 Å². The zero-order valence-electron chi connectivity index (χ0n) is 10.3. The Labute approximate surface area is 105 Å². The number of aromatic nitrogens is 4. The smallest absolute Gasteiger partial charge is 0.179 e. The van der Waals surface area contributed by atoms with E-state index in [0.717, 1.165) is 5.69 Å². The van der Waals surface area contributed by atoms with Crippen LogP contribution in [0.1, 0.15) is 36.1 Å². The van der Waals surface area contributed by atoms with Gasteiger partial charge < -0.3 is 5.73 Å². The topological polar surface area (TPSA) is 94.7 Å². The van der Waals surface area contributed by atoms with E-state index in [0.29, 0.717) is 5.69 Å². The van der Waals surface area contributed by atoms with Crippen molar-refractivity contribution in [1.29, 1.82) is 0 Å². The van der Waals surface area contributed by atoms with E-state index in [9.17, 15) is 4.79 Å². The number of nitrogens with two attached hydrogens (primary N) is 1. The Morgan fingerprint density at radius 1 is 1.11 bits per heavy atom. The first kappa shape index (κ1) is 13.9. The number of carbonyl (C=O) groups excluding carboxylic acids is 1. The Balaban J connectivity index is 0.000000180. The molecule has 2 aromatic rings. The average molecular weight is 245 g/mol. The van der Waals surface area contributed by atoms with Crippen LogP contribution in [-0.4, -0.2) is 25.7 Å². The Bertz CT molecular complexity index is 472. The van der Waals surface area contributed by atoms with E-state index in [2.05, 4.69) is 19.9 Å². The molecule has 2 aromatic heterocycles. The number of nitrogens with zero attached hydrogens (tertiary/aromatic N) is 4. The van der Waals surface area contributed by atoms with Gasteiger partial charge in [0.2, 0.25) is 0 Å². The lowest BCUT2D eigenvalue weighted by molar-refractivity contribution is 0.101. The van der Waals surface area contributed by atoms with Crippen LogP contribution >= 0.6 is 0 Å². The number of hydrogen-bond acceptors (Lipinski definition) is 6. The van der Waals surface area contributed by atoms with Crippen molar-refractivity contribution in [3.05, 3.63) is 48.6 Å². The second-order valence-electron chi connectivity index (χ2n) is 3.57. The number of carbonyl (C=O) groups is 1. The van der Waals surface area contributed by atoms with Crippen LogP contribution in [0.5, 0.6) is 0 Å². The molecule has 0 aliphatic carbocycles. The van der Waals surface area contributed by atoms with Gasteiger partial charge in [0.05, 0.1) is 11.9 Å². The minimum atomic E-state index is -0.0527. The summed E-state index contributed by atoms with van der Waals surface area (Å²) in [4.78, 5) is 25.9. The number of rotatable bonds is 2. The first-order chi connectivity index (χ1) is 8.61. The Morgan fingerprint density at radius 3 is 2.00 bits per heavy atom. The number of Topliss-reactive ketones (excluding diaryl/α,β-unsaturated/α-hetero) is 1. The van der Waals surface area contributed by atoms with E-state index in [1.165, 1.54) is 25.5 Å². The summed E-state index contributed by atoms with van der Waals surface area (Å²) in [7, 11) is 0. The van der Waals surface area contributed by atoms with E-state index in [1.807, 2.05) is 6.92 Å². The molecule has 0 fully saturated rings. The van der Waals surface area contributed by atoms with Crippen molar-refractivity contribution in [3.8, 4) is 0 Å². The first-order valence-electron chi connectivity index (χ1n) is 5.39. The molecule has 0 aliphatic rings. The summed E-state index contributed by atoms with van der Waals surface area (Å²) >= 11 is 0. The average Bonchev–Trinajstić information content (AvgIpc) is 2.41. The third-order valence-corrected chi connectivity index (χ3v) is 1.97. The van der Waals surface area contributed by atoms with E-state index in [-0.39, 0.29) is 11.8 Å². The summed E-state index contributed by atoms with van der Waals surface area (Å²) < 4.78 is 0. The molecular weight excluding hydrogens is 230 g/mol. The zero-order chi connectivity index (χ0) is 13.4. The molecule has 0 aromatic carbocycles. The zero-order valence-corrected chi connectivity index (χ0v) is 10.3. The summed E-state index contributed by atoms with van der Waals surface area (Å²) in [6.07, 6.45) is 9.42. The summed E-state index contributed by atoms with van der Waals surface area (Å²) in [5, 5.41) is 0. The molecule has 0 saturated heterocycles. The highest BCUT2D eigenvalue weighted by Crippen LogP contribution is 2.00. The maximum atomic E-state index is 10.5. The predicted molar refractivity (Wildman–Crippen MR) is 66.7 cm³/mol. The monoisotopic (exact) mass is 245 g/mol. The number of hydrogen-bond donors (Lipinski definition) is 1. The molecule has 6 heteroatoms. The summed E-state index contributed by atoms with van der Waals surface area (Å²) in [5.74, 6) is -0.0527. The molecule has 1 atom stereocenters.